The van der Waals surface area contributed by atoms with Crippen LogP contribution in [-0.4, -0.2) is 28.9 Å². The van der Waals surface area contributed by atoms with Gasteiger partial charge in [0.15, 0.2) is 5.78 Å². The molecule has 0 unspecified atom stereocenters. The molecule has 3 nitrogen and oxygen atoms in total. The number of carbonyl (C=O) groups excluding carboxylic acids is 1. The molecule has 1 heterocycles. The standard InChI is InChI=1S/C20H21NO2S/c1-14-6-5-7-16(12-14)23-10-11-24-13-19(22)20-15(2)21-18-9-4-3-8-17(18)20/h3-9,12,21H,10-11,13H2,1-2H3. The van der Waals surface area contributed by atoms with Crippen molar-refractivity contribution in [1.29, 1.82) is 0 Å². The number of aromatic nitrogens is 1. The summed E-state index contributed by atoms with van der Waals surface area (Å²) in [5.41, 5.74) is 3.96. The number of ketones is 1. The molecule has 2 aromatic carbocycles. The van der Waals surface area contributed by atoms with E-state index >= 15 is 0 Å². The number of aryl methyl sites for hydroxylation is 2. The quantitative estimate of drug-likeness (QED) is 0.497. The maximum absolute atomic E-state index is 12.5. The number of aromatic amines is 1. The van der Waals surface area contributed by atoms with E-state index in [2.05, 4.69) is 4.98 Å². The molecule has 0 spiro atoms. The van der Waals surface area contributed by atoms with Crippen LogP contribution in [0, 0.1) is 13.8 Å². The molecule has 3 aromatic rings. The predicted octanol–water partition coefficient (Wildman–Crippen LogP) is 4.78. The Morgan fingerprint density at radius 3 is 2.79 bits per heavy atom. The van der Waals surface area contributed by atoms with E-state index in [1.165, 1.54) is 5.56 Å². The van der Waals surface area contributed by atoms with Gasteiger partial charge < -0.3 is 9.72 Å². The molecule has 0 saturated carbocycles. The summed E-state index contributed by atoms with van der Waals surface area (Å²) < 4.78 is 5.72. The van der Waals surface area contributed by atoms with Crippen LogP contribution in [0.5, 0.6) is 5.75 Å². The van der Waals surface area contributed by atoms with Crippen LogP contribution in [0.15, 0.2) is 48.5 Å². The van der Waals surface area contributed by atoms with Gasteiger partial charge in [0.1, 0.15) is 5.75 Å². The monoisotopic (exact) mass is 339 g/mol. The van der Waals surface area contributed by atoms with Gasteiger partial charge in [-0.3, -0.25) is 4.79 Å². The van der Waals surface area contributed by atoms with Gasteiger partial charge in [-0.1, -0.05) is 30.3 Å². The number of thioether (sulfide) groups is 1. The number of H-pyrrole nitrogens is 1. The molecule has 124 valence electrons. The fourth-order valence-corrected chi connectivity index (χ4v) is 3.47. The fraction of sp³-hybridized carbons (Fsp3) is 0.250. The minimum Gasteiger partial charge on any atom is -0.493 e. The van der Waals surface area contributed by atoms with Crippen molar-refractivity contribution in [2.45, 2.75) is 13.8 Å². The number of hydrogen-bond acceptors (Lipinski definition) is 3. The molecule has 0 atom stereocenters. The number of ether oxygens (including phenoxy) is 1. The zero-order chi connectivity index (χ0) is 16.9. The van der Waals surface area contributed by atoms with Gasteiger partial charge in [0.2, 0.25) is 0 Å². The minimum atomic E-state index is 0.172. The third-order valence-corrected chi connectivity index (χ3v) is 4.81. The van der Waals surface area contributed by atoms with Crippen molar-refractivity contribution >= 4 is 28.4 Å². The maximum Gasteiger partial charge on any atom is 0.175 e. The number of para-hydroxylation sites is 1. The summed E-state index contributed by atoms with van der Waals surface area (Å²) in [6, 6.07) is 16.0. The van der Waals surface area contributed by atoms with Gasteiger partial charge >= 0.3 is 0 Å². The molecule has 0 aliphatic rings. The molecule has 1 aromatic heterocycles. The molecule has 0 saturated heterocycles. The first kappa shape index (κ1) is 16.7. The van der Waals surface area contributed by atoms with E-state index in [4.69, 9.17) is 4.74 Å². The summed E-state index contributed by atoms with van der Waals surface area (Å²) in [5.74, 6) is 2.32. The maximum atomic E-state index is 12.5. The summed E-state index contributed by atoms with van der Waals surface area (Å²) in [5, 5.41) is 1.01. The minimum absolute atomic E-state index is 0.172. The Balaban J connectivity index is 1.51. The second-order valence-electron chi connectivity index (χ2n) is 5.81. The lowest BCUT2D eigenvalue weighted by atomic mass is 10.1. The predicted molar refractivity (Wildman–Crippen MR) is 101 cm³/mol. The summed E-state index contributed by atoms with van der Waals surface area (Å²) in [7, 11) is 0. The molecule has 0 radical (unpaired) electrons. The van der Waals surface area contributed by atoms with E-state index in [9.17, 15) is 4.79 Å². The van der Waals surface area contributed by atoms with Gasteiger partial charge in [0, 0.05) is 27.9 Å². The van der Waals surface area contributed by atoms with E-state index in [1.54, 1.807) is 11.8 Å². The van der Waals surface area contributed by atoms with Crippen LogP contribution in [0.2, 0.25) is 0 Å². The molecule has 3 rings (SSSR count). The topological polar surface area (TPSA) is 42.1 Å². The van der Waals surface area contributed by atoms with Crippen molar-refractivity contribution in [2.75, 3.05) is 18.1 Å². The van der Waals surface area contributed by atoms with E-state index in [0.29, 0.717) is 12.4 Å². The average Bonchev–Trinajstić information content (AvgIpc) is 2.90. The first-order chi connectivity index (χ1) is 11.6. The number of fused-ring (bicyclic) bond motifs is 1. The lowest BCUT2D eigenvalue weighted by molar-refractivity contribution is 0.102. The second-order valence-corrected chi connectivity index (χ2v) is 6.92. The third-order valence-electron chi connectivity index (χ3n) is 3.89. The van der Waals surface area contributed by atoms with Crippen LogP contribution >= 0.6 is 11.8 Å². The van der Waals surface area contributed by atoms with Crippen molar-refractivity contribution in [3.8, 4) is 5.75 Å². The van der Waals surface area contributed by atoms with Gasteiger partial charge in [-0.2, -0.15) is 11.8 Å². The van der Waals surface area contributed by atoms with Gasteiger partial charge in [-0.15, -0.1) is 0 Å². The molecular weight excluding hydrogens is 318 g/mol. The van der Waals surface area contributed by atoms with Crippen LogP contribution in [-0.2, 0) is 0 Å². The number of rotatable bonds is 7. The first-order valence-electron chi connectivity index (χ1n) is 8.03. The average molecular weight is 339 g/mol. The molecule has 0 fully saturated rings. The van der Waals surface area contributed by atoms with Crippen LogP contribution in [0.25, 0.3) is 10.9 Å². The van der Waals surface area contributed by atoms with E-state index in [1.807, 2.05) is 62.4 Å². The Morgan fingerprint density at radius 2 is 1.96 bits per heavy atom. The Labute approximate surface area is 146 Å². The fourth-order valence-electron chi connectivity index (χ4n) is 2.80. The third kappa shape index (κ3) is 3.82. The Morgan fingerprint density at radius 1 is 1.12 bits per heavy atom. The van der Waals surface area contributed by atoms with Crippen molar-refractivity contribution in [3.63, 3.8) is 0 Å². The highest BCUT2D eigenvalue weighted by Gasteiger charge is 2.15. The number of nitrogens with one attached hydrogen (secondary N) is 1. The lowest BCUT2D eigenvalue weighted by Crippen LogP contribution is -2.07. The largest absolute Gasteiger partial charge is 0.493 e. The van der Waals surface area contributed by atoms with Crippen LogP contribution in [0.3, 0.4) is 0 Å². The Hall–Kier alpha value is -2.20. The highest BCUT2D eigenvalue weighted by Crippen LogP contribution is 2.23. The molecule has 0 aliphatic carbocycles. The number of carbonyl (C=O) groups is 1. The first-order valence-corrected chi connectivity index (χ1v) is 9.18. The normalized spacial score (nSPS) is 10.9. The molecule has 0 aliphatic heterocycles. The summed E-state index contributed by atoms with van der Waals surface area (Å²) >= 11 is 1.61. The van der Waals surface area contributed by atoms with Crippen molar-refractivity contribution in [3.05, 3.63) is 65.4 Å². The summed E-state index contributed by atoms with van der Waals surface area (Å²) in [6.07, 6.45) is 0. The zero-order valence-corrected chi connectivity index (χ0v) is 14.8. The van der Waals surface area contributed by atoms with E-state index in [-0.39, 0.29) is 5.78 Å². The summed E-state index contributed by atoms with van der Waals surface area (Å²) in [4.78, 5) is 15.8. The lowest BCUT2D eigenvalue weighted by Gasteiger charge is -2.06. The number of hydrogen-bond donors (Lipinski definition) is 1. The van der Waals surface area contributed by atoms with Crippen LogP contribution in [0.1, 0.15) is 21.6 Å². The SMILES string of the molecule is Cc1cccc(OCCSCC(=O)c2c(C)[nH]c3ccccc23)c1. The van der Waals surface area contributed by atoms with Gasteiger partial charge in [-0.05, 0) is 37.6 Å². The second kappa shape index (κ2) is 7.58. The molecule has 4 heteroatoms. The molecule has 0 bridgehead atoms. The summed E-state index contributed by atoms with van der Waals surface area (Å²) in [6.45, 7) is 4.61. The molecular formula is C20H21NO2S. The van der Waals surface area contributed by atoms with Crippen LogP contribution < -0.4 is 4.74 Å². The Bertz CT molecular complexity index is 854. The van der Waals surface area contributed by atoms with Gasteiger partial charge in [0.05, 0.1) is 12.4 Å². The highest BCUT2D eigenvalue weighted by molar-refractivity contribution is 8.00. The smallest absolute Gasteiger partial charge is 0.175 e. The van der Waals surface area contributed by atoms with Crippen molar-refractivity contribution in [2.24, 2.45) is 0 Å². The number of benzene rings is 2. The number of Topliss-reactive ketones (excluding diaryl/α,β-unsaturated/α-hetero) is 1. The van der Waals surface area contributed by atoms with E-state index < -0.39 is 0 Å². The van der Waals surface area contributed by atoms with Gasteiger partial charge in [-0.25, -0.2) is 0 Å². The Kier molecular flexibility index (Phi) is 5.26. The van der Waals surface area contributed by atoms with Crippen molar-refractivity contribution in [1.82, 2.24) is 4.98 Å². The van der Waals surface area contributed by atoms with Crippen molar-refractivity contribution < 1.29 is 9.53 Å². The van der Waals surface area contributed by atoms with Gasteiger partial charge in [0.25, 0.3) is 0 Å². The molecule has 1 N–H and O–H groups in total. The molecule has 24 heavy (non-hydrogen) atoms. The highest BCUT2D eigenvalue weighted by atomic mass is 32.2. The van der Waals surface area contributed by atoms with Crippen LogP contribution in [0.4, 0.5) is 0 Å². The molecule has 0 amide bonds. The van der Waals surface area contributed by atoms with E-state index in [0.717, 1.165) is 33.7 Å². The zero-order valence-electron chi connectivity index (χ0n) is 14.0.